The van der Waals surface area contributed by atoms with E-state index in [1.54, 1.807) is 4.52 Å². The summed E-state index contributed by atoms with van der Waals surface area (Å²) in [6.45, 7) is 6.51. The fourth-order valence-electron chi connectivity index (χ4n) is 3.81. The van der Waals surface area contributed by atoms with Crippen molar-refractivity contribution in [2.45, 2.75) is 39.2 Å². The van der Waals surface area contributed by atoms with E-state index >= 15 is 0 Å². The van der Waals surface area contributed by atoms with E-state index in [0.717, 1.165) is 51.7 Å². The third kappa shape index (κ3) is 3.21. The average molecular weight is 392 g/mol. The molecule has 0 radical (unpaired) electrons. The van der Waals surface area contributed by atoms with Crippen LogP contribution in [0.2, 0.25) is 5.02 Å². The lowest BCUT2D eigenvalue weighted by molar-refractivity contribution is -0.931. The fraction of sp³-hybridized carbons (Fsp3) is 0.474. The predicted octanol–water partition coefficient (Wildman–Crippen LogP) is 3.12. The fourth-order valence-corrected chi connectivity index (χ4v) is 5.17. The molecule has 0 bridgehead atoms. The first-order chi connectivity index (χ1) is 12.6. The molecule has 1 aliphatic rings. The summed E-state index contributed by atoms with van der Waals surface area (Å²) in [5.74, 6) is 1.74. The van der Waals surface area contributed by atoms with E-state index in [1.807, 2.05) is 25.1 Å². The van der Waals surface area contributed by atoms with Gasteiger partial charge in [-0.25, -0.2) is 4.98 Å². The molecule has 2 N–H and O–H groups in total. The molecule has 0 amide bonds. The first-order valence-electron chi connectivity index (χ1n) is 9.24. The Balaban J connectivity index is 1.79. The number of nitrogens with zero attached hydrogens (tertiary/aromatic N) is 3. The van der Waals surface area contributed by atoms with Crippen LogP contribution in [0.15, 0.2) is 24.3 Å². The molecule has 1 fully saturated rings. The Morgan fingerprint density at radius 2 is 2.15 bits per heavy atom. The number of fused-ring (bicyclic) bond motifs is 1. The van der Waals surface area contributed by atoms with E-state index in [0.29, 0.717) is 0 Å². The number of likely N-dealkylation sites (tertiary alicyclic amines) is 1. The molecule has 0 saturated carbocycles. The van der Waals surface area contributed by atoms with Crippen molar-refractivity contribution in [2.75, 3.05) is 13.1 Å². The number of aromatic hydroxyl groups is 1. The lowest BCUT2D eigenvalue weighted by Gasteiger charge is -2.33. The SMILES string of the molecule is CCc1nc2sc([C@H](c3cccc(Cl)c3)[NH+]3CCC(C)CC3)c(O)n2n1. The second-order valence-corrected chi connectivity index (χ2v) is 8.64. The van der Waals surface area contributed by atoms with Crippen molar-refractivity contribution in [3.05, 3.63) is 45.6 Å². The minimum atomic E-state index is 0.0553. The zero-order chi connectivity index (χ0) is 18.3. The number of halogens is 1. The van der Waals surface area contributed by atoms with Gasteiger partial charge in [0.2, 0.25) is 10.8 Å². The highest BCUT2D eigenvalue weighted by Gasteiger charge is 2.34. The largest absolute Gasteiger partial charge is 0.492 e. The van der Waals surface area contributed by atoms with E-state index in [2.05, 4.69) is 23.1 Å². The number of benzene rings is 1. The minimum Gasteiger partial charge on any atom is -0.492 e. The van der Waals surface area contributed by atoms with Gasteiger partial charge in [-0.3, -0.25) is 0 Å². The summed E-state index contributed by atoms with van der Waals surface area (Å²) in [7, 11) is 0. The Kier molecular flexibility index (Phi) is 4.90. The molecule has 2 aromatic heterocycles. The van der Waals surface area contributed by atoms with Gasteiger partial charge in [-0.05, 0) is 30.9 Å². The lowest BCUT2D eigenvalue weighted by Crippen LogP contribution is -3.13. The Labute approximate surface area is 162 Å². The third-order valence-electron chi connectivity index (χ3n) is 5.33. The Morgan fingerprint density at radius 3 is 2.81 bits per heavy atom. The zero-order valence-corrected chi connectivity index (χ0v) is 16.6. The molecule has 1 saturated heterocycles. The molecule has 1 aliphatic heterocycles. The topological polar surface area (TPSA) is 54.9 Å². The molecule has 0 unspecified atom stereocenters. The Morgan fingerprint density at radius 1 is 1.38 bits per heavy atom. The number of nitrogens with one attached hydrogen (secondary N) is 1. The number of thiazole rings is 1. The van der Waals surface area contributed by atoms with Crippen molar-refractivity contribution in [3.63, 3.8) is 0 Å². The van der Waals surface area contributed by atoms with Gasteiger partial charge in [0.05, 0.1) is 13.1 Å². The first-order valence-corrected chi connectivity index (χ1v) is 10.4. The van der Waals surface area contributed by atoms with Gasteiger partial charge >= 0.3 is 0 Å². The standard InChI is InChI=1S/C19H23ClN4OS/c1-3-15-21-19-24(22-15)18(25)17(26-19)16(13-5-4-6-14(20)11-13)23-9-7-12(2)8-10-23/h4-6,11-12,16,25H,3,7-10H2,1-2H3/p+1/t16-/m0/s1. The first kappa shape index (κ1) is 17.8. The smallest absolute Gasteiger partial charge is 0.235 e. The van der Waals surface area contributed by atoms with Crippen LogP contribution in [0.25, 0.3) is 4.96 Å². The second-order valence-electron chi connectivity index (χ2n) is 7.19. The predicted molar refractivity (Wildman–Crippen MR) is 104 cm³/mol. The van der Waals surface area contributed by atoms with Crippen molar-refractivity contribution >= 4 is 27.9 Å². The van der Waals surface area contributed by atoms with Crippen molar-refractivity contribution in [3.8, 4) is 5.88 Å². The quantitative estimate of drug-likeness (QED) is 0.718. The van der Waals surface area contributed by atoms with Crippen LogP contribution in [0, 0.1) is 5.92 Å². The van der Waals surface area contributed by atoms with Gasteiger partial charge in [-0.15, -0.1) is 5.10 Å². The highest BCUT2D eigenvalue weighted by atomic mass is 35.5. The number of piperidine rings is 1. The summed E-state index contributed by atoms with van der Waals surface area (Å²) in [5.41, 5.74) is 1.14. The van der Waals surface area contributed by atoms with E-state index in [-0.39, 0.29) is 11.9 Å². The van der Waals surface area contributed by atoms with E-state index in [4.69, 9.17) is 11.6 Å². The molecule has 1 aromatic carbocycles. The normalized spacial score (nSPS) is 22.0. The summed E-state index contributed by atoms with van der Waals surface area (Å²) < 4.78 is 1.59. The third-order valence-corrected chi connectivity index (χ3v) is 6.65. The molecule has 4 rings (SSSR count). The lowest BCUT2D eigenvalue weighted by atomic mass is 9.95. The van der Waals surface area contributed by atoms with Gasteiger partial charge in [0, 0.05) is 17.0 Å². The van der Waals surface area contributed by atoms with Gasteiger partial charge in [0.25, 0.3) is 0 Å². The molecule has 3 heterocycles. The summed E-state index contributed by atoms with van der Waals surface area (Å²) in [4.78, 5) is 7.69. The molecule has 1 atom stereocenters. The highest BCUT2D eigenvalue weighted by Crippen LogP contribution is 2.36. The van der Waals surface area contributed by atoms with Crippen LogP contribution in [0.4, 0.5) is 0 Å². The molecular formula is C19H24ClN4OS+. The van der Waals surface area contributed by atoms with Crippen molar-refractivity contribution in [2.24, 2.45) is 5.92 Å². The maximum atomic E-state index is 10.9. The van der Waals surface area contributed by atoms with Crippen LogP contribution < -0.4 is 4.90 Å². The summed E-state index contributed by atoms with van der Waals surface area (Å²) in [6.07, 6.45) is 3.16. The van der Waals surface area contributed by atoms with Crippen molar-refractivity contribution in [1.82, 2.24) is 14.6 Å². The van der Waals surface area contributed by atoms with Crippen LogP contribution in [-0.4, -0.2) is 32.8 Å². The van der Waals surface area contributed by atoms with Crippen LogP contribution in [0.3, 0.4) is 0 Å². The van der Waals surface area contributed by atoms with Gasteiger partial charge in [0.15, 0.2) is 11.9 Å². The minimum absolute atomic E-state index is 0.0553. The maximum absolute atomic E-state index is 10.9. The number of rotatable bonds is 4. The molecule has 0 aliphatic carbocycles. The molecule has 3 aromatic rings. The van der Waals surface area contributed by atoms with Crippen molar-refractivity contribution in [1.29, 1.82) is 0 Å². The highest BCUT2D eigenvalue weighted by molar-refractivity contribution is 7.17. The zero-order valence-electron chi connectivity index (χ0n) is 15.1. The molecule has 5 nitrogen and oxygen atoms in total. The summed E-state index contributed by atoms with van der Waals surface area (Å²) in [6, 6.07) is 8.06. The van der Waals surface area contributed by atoms with E-state index < -0.39 is 0 Å². The number of quaternary nitrogens is 1. The van der Waals surface area contributed by atoms with Gasteiger partial charge < -0.3 is 10.0 Å². The average Bonchev–Trinajstić information content (AvgIpc) is 3.17. The van der Waals surface area contributed by atoms with Crippen molar-refractivity contribution < 1.29 is 10.0 Å². The second kappa shape index (κ2) is 7.18. The van der Waals surface area contributed by atoms with E-state index in [1.165, 1.54) is 29.1 Å². The maximum Gasteiger partial charge on any atom is 0.235 e. The molecule has 0 spiro atoms. The summed E-state index contributed by atoms with van der Waals surface area (Å²) in [5, 5.41) is 16.1. The van der Waals surface area contributed by atoms with E-state index in [9.17, 15) is 5.11 Å². The van der Waals surface area contributed by atoms with Crippen LogP contribution in [0.1, 0.15) is 49.0 Å². The number of aromatic nitrogens is 3. The molecule has 7 heteroatoms. The number of hydrogen-bond acceptors (Lipinski definition) is 4. The van der Waals surface area contributed by atoms with Gasteiger partial charge in [-0.2, -0.15) is 4.52 Å². The monoisotopic (exact) mass is 391 g/mol. The molecule has 26 heavy (non-hydrogen) atoms. The molecular weight excluding hydrogens is 368 g/mol. The van der Waals surface area contributed by atoms with Crippen LogP contribution >= 0.6 is 22.9 Å². The Hall–Kier alpha value is -1.63. The van der Waals surface area contributed by atoms with Crippen LogP contribution in [0.5, 0.6) is 5.88 Å². The number of hydrogen-bond donors (Lipinski definition) is 2. The van der Waals surface area contributed by atoms with Gasteiger partial charge in [-0.1, -0.05) is 48.9 Å². The van der Waals surface area contributed by atoms with Crippen LogP contribution in [-0.2, 0) is 6.42 Å². The summed E-state index contributed by atoms with van der Waals surface area (Å²) >= 11 is 7.82. The van der Waals surface area contributed by atoms with Gasteiger partial charge in [0.1, 0.15) is 4.88 Å². The Bertz CT molecular complexity index is 914. The molecule has 138 valence electrons. The number of aryl methyl sites for hydroxylation is 1.